The van der Waals surface area contributed by atoms with E-state index in [9.17, 15) is 132 Å². The fourth-order valence-corrected chi connectivity index (χ4v) is 11.6. The second-order valence-electron chi connectivity index (χ2n) is 22.4. The van der Waals surface area contributed by atoms with Gasteiger partial charge in [0, 0.05) is 38.6 Å². The Labute approximate surface area is 535 Å². The first kappa shape index (κ1) is 69.6. The third-order valence-electron chi connectivity index (χ3n) is 15.8. The average molecular weight is 1450 g/mol. The molecule has 0 amide bonds. The number of rotatable bonds is 5. The van der Waals surface area contributed by atoms with Crippen LogP contribution >= 0.6 is 0 Å². The second-order valence-corrected chi connectivity index (χ2v) is 22.4. The maximum absolute atomic E-state index is 15.0. The van der Waals surface area contributed by atoms with E-state index in [0.717, 1.165) is 12.1 Å². The number of aromatic amines is 1. The van der Waals surface area contributed by atoms with Crippen LogP contribution in [0.5, 0.6) is 0 Å². The Morgan fingerprint density at radius 3 is 0.860 bits per heavy atom. The number of fused-ring (bicyclic) bond motifs is 5. The second kappa shape index (κ2) is 22.6. The molecule has 520 valence electrons. The third kappa shape index (κ3) is 13.0. The maximum atomic E-state index is 15.0. The molecule has 0 atom stereocenters. The summed E-state index contributed by atoms with van der Waals surface area (Å²) < 4.78 is 447. The zero-order valence-corrected chi connectivity index (χ0v) is 48.0. The number of benzene rings is 5. The van der Waals surface area contributed by atoms with Crippen molar-refractivity contribution in [2.24, 2.45) is 15.0 Å². The first-order chi connectivity index (χ1) is 45.8. The predicted octanol–water partition coefficient (Wildman–Crippen LogP) is 20.0. The molecule has 0 unspecified atom stereocenters. The third-order valence-corrected chi connectivity index (χ3v) is 15.8. The van der Waals surface area contributed by atoms with Gasteiger partial charge in [-0.1, -0.05) is 0 Å². The van der Waals surface area contributed by atoms with Crippen LogP contribution in [0.15, 0.2) is 166 Å². The van der Waals surface area contributed by atoms with Crippen molar-refractivity contribution in [1.29, 1.82) is 0 Å². The van der Waals surface area contributed by atoms with E-state index in [1.54, 1.807) is 0 Å². The average Bonchev–Trinajstić information content (AvgIpc) is 1.55. The molecular weight excluding hydrogens is 1420 g/mol. The lowest BCUT2D eigenvalue weighted by atomic mass is 9.94. The number of nitrogens with zero attached hydrogens (tertiary/aromatic N) is 4. The molecule has 100 heavy (non-hydrogen) atoms. The summed E-state index contributed by atoms with van der Waals surface area (Å²) in [6, 6.07) is 1.03. The summed E-state index contributed by atoms with van der Waals surface area (Å²) in [7, 11) is 0. The first-order valence-corrected chi connectivity index (χ1v) is 27.6. The molecule has 5 aromatic carbocycles. The van der Waals surface area contributed by atoms with Crippen LogP contribution in [0.4, 0.5) is 137 Å². The van der Waals surface area contributed by atoms with Gasteiger partial charge in [-0.3, -0.25) is 0 Å². The van der Waals surface area contributed by atoms with E-state index in [1.807, 2.05) is 0 Å². The van der Waals surface area contributed by atoms with Gasteiger partial charge in [-0.15, -0.1) is 0 Å². The van der Waals surface area contributed by atoms with Crippen LogP contribution in [-0.2, 0) is 61.8 Å². The van der Waals surface area contributed by atoms with Gasteiger partial charge in [0.1, 0.15) is 0 Å². The molecule has 5 nitrogen and oxygen atoms in total. The smallest absolute Gasteiger partial charge is 0.354 e. The fraction of sp³-hybridized carbons (Fsp3) is 0.154. The van der Waals surface area contributed by atoms with Crippen molar-refractivity contribution < 1.29 is 132 Å². The van der Waals surface area contributed by atoms with E-state index >= 15 is 0 Å². The van der Waals surface area contributed by atoms with Gasteiger partial charge < -0.3 is 9.38 Å². The number of aromatic nitrogens is 2. The predicted molar refractivity (Wildman–Crippen MR) is 297 cm³/mol. The summed E-state index contributed by atoms with van der Waals surface area (Å²) in [5, 5.41) is -2.57. The number of halogens is 30. The molecule has 1 N–H and O–H groups in total. The van der Waals surface area contributed by atoms with Crippen LogP contribution in [0.3, 0.4) is 0 Å². The highest BCUT2D eigenvalue weighted by Gasteiger charge is 2.45. The minimum Gasteiger partial charge on any atom is -0.354 e. The van der Waals surface area contributed by atoms with E-state index in [2.05, 4.69) is 20.0 Å². The quantitative estimate of drug-likeness (QED) is 0.167. The van der Waals surface area contributed by atoms with Gasteiger partial charge in [0.2, 0.25) is 0 Å². The van der Waals surface area contributed by atoms with Crippen molar-refractivity contribution in [3.8, 4) is 11.1 Å². The summed E-state index contributed by atoms with van der Waals surface area (Å²) >= 11 is 0. The number of H-pyrrole nitrogens is 1. The molecule has 4 aliphatic heterocycles. The van der Waals surface area contributed by atoms with Gasteiger partial charge in [-0.25, -0.2) is 15.0 Å². The molecule has 4 aliphatic rings. The highest BCUT2D eigenvalue weighted by atomic mass is 19.4. The molecule has 0 saturated heterocycles. The highest BCUT2D eigenvalue weighted by molar-refractivity contribution is 6.42. The van der Waals surface area contributed by atoms with Crippen LogP contribution in [0.1, 0.15) is 83.6 Å². The van der Waals surface area contributed by atoms with Crippen molar-refractivity contribution in [2.75, 3.05) is 0 Å². The van der Waals surface area contributed by atoms with Crippen LogP contribution in [0, 0.1) is 0 Å². The molecule has 0 aliphatic carbocycles. The van der Waals surface area contributed by atoms with E-state index < -0.39 is 265 Å². The number of hydrogen-bond acceptors (Lipinski definition) is 3. The van der Waals surface area contributed by atoms with Crippen molar-refractivity contribution in [3.63, 3.8) is 0 Å². The molecule has 0 spiro atoms. The standard InChI is InChI=1S/C65H25F30N5/c66-56(67,68)30-9-25(10-31(19-30)57(69,70)71)50-40-1-2-41(96-40)51(26-11-32(58(72,73)74)20-33(12-26)59(75,76)77)43-5-6-45(98-43)53(28-15-36(62(84,85)86)22-37(16-28)63(87,88)89)47-7-8-48-54(29-17-38(64(90,91)92)23-39(18-29)65(93,94)95)55-49(100(47)48)24-46(99-55)52(44-4-3-42(50)97-44)27-13-34(60(78,79)80)21-35(14-27)61(81,82)83/h1-24,96H. The summed E-state index contributed by atoms with van der Waals surface area (Å²) in [6.07, 6.45) is -54.3. The lowest BCUT2D eigenvalue weighted by Crippen LogP contribution is -2.22. The van der Waals surface area contributed by atoms with E-state index in [-0.39, 0.29) is 60.7 Å². The first-order valence-electron chi connectivity index (χ1n) is 27.6. The largest absolute Gasteiger partial charge is 0.416 e. The van der Waals surface area contributed by atoms with E-state index in [4.69, 9.17) is 0 Å². The molecule has 3 aromatic heterocycles. The van der Waals surface area contributed by atoms with Gasteiger partial charge >= 0.3 is 61.8 Å². The summed E-state index contributed by atoms with van der Waals surface area (Å²) in [6.45, 7) is 0. The Morgan fingerprint density at radius 2 is 0.550 bits per heavy atom. The van der Waals surface area contributed by atoms with E-state index in [1.165, 1.54) is 0 Å². The Kier molecular flexibility index (Phi) is 15.8. The van der Waals surface area contributed by atoms with Gasteiger partial charge in [0.05, 0.1) is 106 Å². The van der Waals surface area contributed by atoms with Gasteiger partial charge in [0.25, 0.3) is 0 Å². The summed E-state index contributed by atoms with van der Waals surface area (Å²) in [4.78, 5) is 15.3. The fourth-order valence-electron chi connectivity index (χ4n) is 11.6. The normalized spacial score (nSPS) is 16.0. The molecule has 8 aromatic rings. The molecule has 0 radical (unpaired) electrons. The van der Waals surface area contributed by atoms with Crippen LogP contribution in [0.25, 0.3) is 45.0 Å². The number of alkyl halides is 30. The summed E-state index contributed by atoms with van der Waals surface area (Å²) in [5.74, 6) is 0. The highest BCUT2D eigenvalue weighted by Crippen LogP contribution is 2.49. The van der Waals surface area contributed by atoms with E-state index in [0.29, 0.717) is 46.9 Å². The summed E-state index contributed by atoms with van der Waals surface area (Å²) in [5.41, 5.74) is -40.4. The zero-order valence-electron chi connectivity index (χ0n) is 48.0. The zero-order chi connectivity index (χ0) is 73.3. The molecule has 7 heterocycles. The minimum atomic E-state index is -5.78. The lowest BCUT2D eigenvalue weighted by Gasteiger charge is -2.17. The lowest BCUT2D eigenvalue weighted by molar-refractivity contribution is -0.144. The molecular formula is C65H25F30N5. The minimum absolute atomic E-state index is 0.0124. The Hall–Kier alpha value is -10.3. The number of nitrogens with one attached hydrogen (secondary N) is 1. The van der Waals surface area contributed by atoms with Crippen molar-refractivity contribution in [3.05, 3.63) is 251 Å². The van der Waals surface area contributed by atoms with Crippen molar-refractivity contribution >= 4 is 56.7 Å². The van der Waals surface area contributed by atoms with Gasteiger partial charge in [0.15, 0.2) is 0 Å². The monoisotopic (exact) mass is 1450 g/mol. The number of hydrogen-bond donors (Lipinski definition) is 1. The van der Waals surface area contributed by atoms with Crippen LogP contribution in [0.2, 0.25) is 0 Å². The molecule has 8 bridgehead atoms. The van der Waals surface area contributed by atoms with Crippen LogP contribution in [-0.4, -0.2) is 26.5 Å². The van der Waals surface area contributed by atoms with Gasteiger partial charge in [-0.2, -0.15) is 132 Å². The van der Waals surface area contributed by atoms with Crippen LogP contribution < -0.4 is 16.0 Å². The topological polar surface area (TPSA) is 57.3 Å². The Balaban J connectivity index is 1.35. The number of aliphatic imine (C=N–C) groups is 3. The van der Waals surface area contributed by atoms with Crippen molar-refractivity contribution in [2.45, 2.75) is 61.8 Å². The molecule has 0 fully saturated rings. The van der Waals surface area contributed by atoms with Gasteiger partial charge in [-0.05, 0) is 173 Å². The molecule has 0 saturated carbocycles. The molecule has 35 heteroatoms. The molecule has 12 rings (SSSR count). The Morgan fingerprint density at radius 1 is 0.270 bits per heavy atom. The maximum Gasteiger partial charge on any atom is 0.416 e. The van der Waals surface area contributed by atoms with Crippen molar-refractivity contribution in [1.82, 2.24) is 9.38 Å². The SMILES string of the molecule is FC(F)(F)c1cc(C2=C3C=CC(=N3)C(c3cc(C(F)(F)F)cc(C(F)(F)F)c3)=c3ccc([nH]3)=C(c3cc(C(F)(F)F)cc(C(F)(F)F)c3)C3=NC(=C(c4cc(C(F)(F)F)cc(C(F)(F)F)c4)c4ccc5c(-c6cc(C(F)(F)F)cc(C(F)(F)F)c6)c6c(n45)=CC2=N6)C=C3)cc(C(F)(F)F)c1. The Bertz CT molecular complexity index is 5070. The number of allylic oxidation sites excluding steroid dienone is 5.